The largest absolute Gasteiger partial charge is 0.462 e. The van der Waals surface area contributed by atoms with Gasteiger partial charge in [0.25, 0.3) is 0 Å². The average molecular weight is 770 g/mol. The molecule has 0 amide bonds. The van der Waals surface area contributed by atoms with Crippen molar-refractivity contribution in [3.05, 3.63) is 60.3 Å². The number of aliphatic hydroxyl groups excluding tert-OH is 4. The topological polar surface area (TPSA) is 189 Å². The lowest BCUT2D eigenvalue weighted by Gasteiger charge is -2.46. The van der Waals surface area contributed by atoms with Crippen molar-refractivity contribution >= 4 is 11.8 Å². The molecule has 0 saturated carbocycles. The quantitative estimate of drug-likeness (QED) is 0.157. The van der Waals surface area contributed by atoms with Crippen LogP contribution in [0, 0.1) is 23.7 Å². The van der Waals surface area contributed by atoms with E-state index in [1.54, 1.807) is 49.7 Å². The predicted octanol–water partition coefficient (Wildman–Crippen LogP) is 2.75. The van der Waals surface area contributed by atoms with Crippen molar-refractivity contribution in [1.82, 2.24) is 25.2 Å². The number of cyclic esters (lactones) is 1. The summed E-state index contributed by atoms with van der Waals surface area (Å²) in [7, 11) is 3.52. The number of rotatable bonds is 12. The number of aliphatic hydroxyl groups is 4. The fourth-order valence-corrected chi connectivity index (χ4v) is 7.61. The van der Waals surface area contributed by atoms with Gasteiger partial charge in [0.05, 0.1) is 56.2 Å². The first-order chi connectivity index (χ1) is 26.2. The Morgan fingerprint density at radius 1 is 1.04 bits per heavy atom. The number of nitrogens with one attached hydrogen (secondary N) is 1. The van der Waals surface area contributed by atoms with Crippen LogP contribution in [0.2, 0.25) is 0 Å². The van der Waals surface area contributed by atoms with Gasteiger partial charge in [-0.25, -0.2) is 0 Å². The fraction of sp³-hybridized carbons (Fsp3) is 0.659. The summed E-state index contributed by atoms with van der Waals surface area (Å²) >= 11 is 0. The van der Waals surface area contributed by atoms with E-state index >= 15 is 0 Å². The van der Waals surface area contributed by atoms with Gasteiger partial charge < -0.3 is 44.9 Å². The van der Waals surface area contributed by atoms with Crippen molar-refractivity contribution in [3.63, 3.8) is 0 Å². The standard InChI is InChI=1S/C41H63N5O9/c1-8-35-31(24-47)20-25(2)14-15-33(48)26(3)21-30(16-17-42-18-19-46-23-32(43-44-46)29-12-10-9-11-13-29)40(27(4)34(49)22-36(50)54-35)55-41-39(52)37(45(6)7)38(51)28(5)53-41/h9-15,20,23,26-28,30-31,34-35,37-42,47,49,51-52H,8,16-19,21-22,24H2,1-7H3/b15-14+,25-20+/t26-,27+,28-,30+,31-,34-,35-,37?,38?,39?,40-,41+/m1/s1. The minimum atomic E-state index is -1.24. The van der Waals surface area contributed by atoms with E-state index in [2.05, 4.69) is 15.6 Å². The molecule has 1 aromatic carbocycles. The maximum Gasteiger partial charge on any atom is 0.308 e. The molecular weight excluding hydrogens is 706 g/mol. The van der Waals surface area contributed by atoms with Gasteiger partial charge in [-0.3, -0.25) is 14.3 Å². The number of hydrogen-bond donors (Lipinski definition) is 5. The maximum atomic E-state index is 13.6. The first-order valence-electron chi connectivity index (χ1n) is 19.6. The van der Waals surface area contributed by atoms with Gasteiger partial charge in [0, 0.05) is 29.9 Å². The Hall–Kier alpha value is -3.34. The zero-order valence-electron chi connectivity index (χ0n) is 33.4. The van der Waals surface area contributed by atoms with E-state index in [1.165, 1.54) is 6.08 Å². The average Bonchev–Trinajstić information content (AvgIpc) is 3.64. The molecule has 0 spiro atoms. The molecule has 1 saturated heterocycles. The summed E-state index contributed by atoms with van der Waals surface area (Å²) in [5.41, 5.74) is 2.51. The molecule has 2 aliphatic heterocycles. The highest BCUT2D eigenvalue weighted by Gasteiger charge is 2.47. The summed E-state index contributed by atoms with van der Waals surface area (Å²) in [5, 5.41) is 56.2. The molecule has 1 fully saturated rings. The molecule has 0 bridgehead atoms. The first kappa shape index (κ1) is 44.4. The van der Waals surface area contributed by atoms with Crippen LogP contribution < -0.4 is 5.32 Å². The van der Waals surface area contributed by atoms with E-state index in [1.807, 2.05) is 57.3 Å². The second kappa shape index (κ2) is 21.3. The number of carbonyl (C=O) groups excluding carboxylic acids is 2. The highest BCUT2D eigenvalue weighted by atomic mass is 16.7. The molecule has 3 heterocycles. The summed E-state index contributed by atoms with van der Waals surface area (Å²) in [4.78, 5) is 28.6. The lowest BCUT2D eigenvalue weighted by atomic mass is 9.79. The normalized spacial score (nSPS) is 34.6. The van der Waals surface area contributed by atoms with Crippen molar-refractivity contribution in [1.29, 1.82) is 0 Å². The molecule has 55 heavy (non-hydrogen) atoms. The second-order valence-electron chi connectivity index (χ2n) is 15.5. The summed E-state index contributed by atoms with van der Waals surface area (Å²) in [6.45, 7) is 10.5. The minimum Gasteiger partial charge on any atom is -0.462 e. The Bertz CT molecular complexity index is 1550. The molecule has 4 rings (SSSR count). The number of allylic oxidation sites excluding steroid dienone is 3. The first-order valence-corrected chi connectivity index (χ1v) is 19.6. The zero-order valence-corrected chi connectivity index (χ0v) is 33.4. The van der Waals surface area contributed by atoms with Gasteiger partial charge in [-0.2, -0.15) is 0 Å². The monoisotopic (exact) mass is 769 g/mol. The van der Waals surface area contributed by atoms with Crippen molar-refractivity contribution in [3.8, 4) is 11.3 Å². The van der Waals surface area contributed by atoms with Gasteiger partial charge in [0.2, 0.25) is 0 Å². The number of benzene rings is 1. The van der Waals surface area contributed by atoms with Crippen molar-refractivity contribution in [2.45, 2.75) is 116 Å². The van der Waals surface area contributed by atoms with E-state index in [0.717, 1.165) is 16.8 Å². The third kappa shape index (κ3) is 12.3. The van der Waals surface area contributed by atoms with Crippen LogP contribution in [0.15, 0.2) is 60.3 Å². The molecule has 2 aromatic rings. The minimum absolute atomic E-state index is 0.0949. The van der Waals surface area contributed by atoms with E-state index in [-0.39, 0.29) is 24.7 Å². The SMILES string of the molecule is CC[C@H]1OC(=O)C[C@@H](O)[C@H](C)[C@@H](O[C@@H]2O[C@H](C)C(O)C(N(C)C)C2O)[C@@H](CCNCCn2cc(-c3ccccc3)nn2)C[C@@H](C)C(=O)/C=C/C(C)=C/[C@@H]1CO. The number of likely N-dealkylation sites (N-methyl/N-ethyl adjacent to an activating group) is 1. The lowest BCUT2D eigenvalue weighted by molar-refractivity contribution is -0.304. The molecule has 306 valence electrons. The molecule has 5 N–H and O–H groups in total. The van der Waals surface area contributed by atoms with Crippen LogP contribution in [0.5, 0.6) is 0 Å². The van der Waals surface area contributed by atoms with Gasteiger partial charge in [-0.15, -0.1) is 5.10 Å². The second-order valence-corrected chi connectivity index (χ2v) is 15.5. The Morgan fingerprint density at radius 2 is 1.76 bits per heavy atom. The number of hydrogen-bond acceptors (Lipinski definition) is 13. The number of ether oxygens (including phenoxy) is 3. The summed E-state index contributed by atoms with van der Waals surface area (Å²) in [5.74, 6) is -2.67. The zero-order chi connectivity index (χ0) is 40.2. The molecule has 0 radical (unpaired) electrons. The van der Waals surface area contributed by atoms with Crippen LogP contribution >= 0.6 is 0 Å². The van der Waals surface area contributed by atoms with Gasteiger partial charge in [-0.1, -0.05) is 74.0 Å². The number of esters is 1. The molecular formula is C41H63N5O9. The van der Waals surface area contributed by atoms with Crippen LogP contribution in [0.25, 0.3) is 11.3 Å². The van der Waals surface area contributed by atoms with Crippen molar-refractivity contribution in [2.75, 3.05) is 33.8 Å². The number of carbonyl (C=O) groups is 2. The highest BCUT2D eigenvalue weighted by Crippen LogP contribution is 2.34. The van der Waals surface area contributed by atoms with E-state index in [4.69, 9.17) is 14.2 Å². The highest BCUT2D eigenvalue weighted by molar-refractivity contribution is 5.91. The van der Waals surface area contributed by atoms with Crippen LogP contribution in [0.1, 0.15) is 60.3 Å². The predicted molar refractivity (Wildman–Crippen MR) is 207 cm³/mol. The summed E-state index contributed by atoms with van der Waals surface area (Å²) in [6.07, 6.45) is 1.24. The van der Waals surface area contributed by atoms with Crippen LogP contribution in [0.4, 0.5) is 0 Å². The molecule has 3 unspecified atom stereocenters. The molecule has 14 heteroatoms. The van der Waals surface area contributed by atoms with E-state index in [0.29, 0.717) is 38.9 Å². The van der Waals surface area contributed by atoms with Crippen LogP contribution in [-0.2, 0) is 30.3 Å². The fourth-order valence-electron chi connectivity index (χ4n) is 7.61. The Morgan fingerprint density at radius 3 is 2.44 bits per heavy atom. The third-order valence-corrected chi connectivity index (χ3v) is 11.0. The van der Waals surface area contributed by atoms with Gasteiger partial charge in [0.15, 0.2) is 12.1 Å². The number of nitrogens with zero attached hydrogens (tertiary/aromatic N) is 4. The third-order valence-electron chi connectivity index (χ3n) is 11.0. The Balaban J connectivity index is 1.61. The number of ketones is 1. The van der Waals surface area contributed by atoms with Crippen molar-refractivity contribution < 1.29 is 44.2 Å². The van der Waals surface area contributed by atoms with E-state index < -0.39 is 72.7 Å². The Labute approximate surface area is 325 Å². The van der Waals surface area contributed by atoms with Gasteiger partial charge in [-0.05, 0) is 65.7 Å². The summed E-state index contributed by atoms with van der Waals surface area (Å²) in [6, 6.07) is 9.13. The molecule has 1 aromatic heterocycles. The molecule has 12 atom stereocenters. The molecule has 14 nitrogen and oxygen atoms in total. The van der Waals surface area contributed by atoms with Crippen LogP contribution in [0.3, 0.4) is 0 Å². The Kier molecular flexibility index (Phi) is 17.2. The maximum absolute atomic E-state index is 13.6. The summed E-state index contributed by atoms with van der Waals surface area (Å²) < 4.78 is 20.3. The molecule has 2 aliphatic rings. The van der Waals surface area contributed by atoms with E-state index in [9.17, 15) is 30.0 Å². The number of aromatic nitrogens is 3. The molecule has 0 aliphatic carbocycles. The smallest absolute Gasteiger partial charge is 0.308 e. The lowest BCUT2D eigenvalue weighted by Crippen LogP contribution is -2.63. The van der Waals surface area contributed by atoms with Crippen molar-refractivity contribution in [2.24, 2.45) is 23.7 Å². The van der Waals surface area contributed by atoms with Gasteiger partial charge in [0.1, 0.15) is 17.9 Å². The van der Waals surface area contributed by atoms with Crippen LogP contribution in [-0.4, -0.2) is 135 Å². The van der Waals surface area contributed by atoms with Gasteiger partial charge >= 0.3 is 5.97 Å².